The Morgan fingerprint density at radius 1 is 1.37 bits per heavy atom. The summed E-state index contributed by atoms with van der Waals surface area (Å²) in [5.41, 5.74) is 3.35. The largest absolute Gasteiger partial charge is 0.460 e. The van der Waals surface area contributed by atoms with Crippen LogP contribution in [0.3, 0.4) is 0 Å². The second-order valence-corrected chi connectivity index (χ2v) is 9.64. The monoisotopic (exact) mass is 388 g/mol. The molecular formula is C20H28N4O2S. The van der Waals surface area contributed by atoms with Gasteiger partial charge < -0.3 is 9.64 Å². The standard InChI is InChI=1S/C20H28N4O2S/c1-20(2,3)26-16(25)10-13-8-9-24(12-13)19-22-15-7-5-6-14-11-21-23(4)17(14)18(15)27-19/h11,13H,5-10,12H2,1-4H3/t13-/m0/s1. The molecule has 7 heteroatoms. The van der Waals surface area contributed by atoms with Crippen molar-refractivity contribution in [3.8, 4) is 10.6 Å². The van der Waals surface area contributed by atoms with Gasteiger partial charge >= 0.3 is 5.97 Å². The molecule has 0 unspecified atom stereocenters. The summed E-state index contributed by atoms with van der Waals surface area (Å²) in [6.45, 7) is 7.59. The van der Waals surface area contributed by atoms with Crippen LogP contribution in [0.15, 0.2) is 6.20 Å². The van der Waals surface area contributed by atoms with Gasteiger partial charge in [-0.15, -0.1) is 0 Å². The molecule has 146 valence electrons. The lowest BCUT2D eigenvalue weighted by Gasteiger charge is -2.21. The molecule has 1 fully saturated rings. The highest BCUT2D eigenvalue weighted by Gasteiger charge is 2.30. The van der Waals surface area contributed by atoms with Crippen LogP contribution in [0, 0.1) is 5.92 Å². The minimum atomic E-state index is -0.414. The third-order valence-electron chi connectivity index (χ3n) is 5.21. The minimum Gasteiger partial charge on any atom is -0.460 e. The van der Waals surface area contributed by atoms with Crippen LogP contribution in [-0.2, 0) is 29.4 Å². The molecule has 4 rings (SSSR count). The number of aryl methyl sites for hydroxylation is 3. The molecule has 0 radical (unpaired) electrons. The van der Waals surface area contributed by atoms with Gasteiger partial charge in [0.25, 0.3) is 0 Å². The van der Waals surface area contributed by atoms with Crippen molar-refractivity contribution < 1.29 is 9.53 Å². The second kappa shape index (κ2) is 6.93. The number of anilines is 1. The third kappa shape index (κ3) is 3.88. The summed E-state index contributed by atoms with van der Waals surface area (Å²) in [4.78, 5) is 20.7. The van der Waals surface area contributed by atoms with Crippen LogP contribution in [0.25, 0.3) is 10.6 Å². The van der Waals surface area contributed by atoms with Crippen molar-refractivity contribution in [3.63, 3.8) is 0 Å². The zero-order valence-corrected chi connectivity index (χ0v) is 17.4. The van der Waals surface area contributed by atoms with E-state index >= 15 is 0 Å². The lowest BCUT2D eigenvalue weighted by atomic mass is 10.1. The number of thiazole rings is 1. The van der Waals surface area contributed by atoms with E-state index in [0.29, 0.717) is 12.3 Å². The first-order valence-corrected chi connectivity index (χ1v) is 10.6. The van der Waals surface area contributed by atoms with Crippen molar-refractivity contribution in [3.05, 3.63) is 17.5 Å². The minimum absolute atomic E-state index is 0.0937. The maximum absolute atomic E-state index is 12.1. The van der Waals surface area contributed by atoms with Gasteiger partial charge in [-0.25, -0.2) is 4.98 Å². The highest BCUT2D eigenvalue weighted by molar-refractivity contribution is 7.19. The van der Waals surface area contributed by atoms with Gasteiger partial charge in [0.2, 0.25) is 0 Å². The van der Waals surface area contributed by atoms with Crippen molar-refractivity contribution >= 4 is 22.4 Å². The molecule has 2 aromatic heterocycles. The molecule has 0 N–H and O–H groups in total. The zero-order chi connectivity index (χ0) is 19.2. The first kappa shape index (κ1) is 18.5. The highest BCUT2D eigenvalue weighted by Crippen LogP contribution is 2.40. The quantitative estimate of drug-likeness (QED) is 0.752. The smallest absolute Gasteiger partial charge is 0.306 e. The molecule has 1 aliphatic heterocycles. The van der Waals surface area contributed by atoms with Gasteiger partial charge in [-0.3, -0.25) is 9.48 Å². The average molecular weight is 389 g/mol. The Balaban J connectivity index is 1.48. The van der Waals surface area contributed by atoms with Gasteiger partial charge in [0, 0.05) is 20.1 Å². The number of hydrogen-bond acceptors (Lipinski definition) is 6. The number of nitrogens with zero attached hydrogens (tertiary/aromatic N) is 4. The molecule has 0 bridgehead atoms. The van der Waals surface area contributed by atoms with E-state index in [9.17, 15) is 4.79 Å². The van der Waals surface area contributed by atoms with Crippen molar-refractivity contribution in [1.29, 1.82) is 0 Å². The predicted molar refractivity (Wildman–Crippen MR) is 107 cm³/mol. The highest BCUT2D eigenvalue weighted by atomic mass is 32.1. The molecule has 2 aliphatic rings. The summed E-state index contributed by atoms with van der Waals surface area (Å²) in [5.74, 6) is 0.250. The Bertz CT molecular complexity index is 849. The van der Waals surface area contributed by atoms with Gasteiger partial charge in [0.15, 0.2) is 5.13 Å². The Hall–Kier alpha value is -1.89. The topological polar surface area (TPSA) is 60.2 Å². The molecule has 1 atom stereocenters. The van der Waals surface area contributed by atoms with Crippen LogP contribution in [0.1, 0.15) is 51.3 Å². The summed E-state index contributed by atoms with van der Waals surface area (Å²) < 4.78 is 7.47. The normalized spacial score (nSPS) is 19.6. The summed E-state index contributed by atoms with van der Waals surface area (Å²) in [6, 6.07) is 0. The maximum Gasteiger partial charge on any atom is 0.306 e. The van der Waals surface area contributed by atoms with Crippen molar-refractivity contribution in [1.82, 2.24) is 14.8 Å². The Labute approximate surface area is 164 Å². The van der Waals surface area contributed by atoms with Gasteiger partial charge in [-0.1, -0.05) is 11.3 Å². The molecule has 1 saturated heterocycles. The van der Waals surface area contributed by atoms with E-state index in [1.54, 1.807) is 11.3 Å². The fourth-order valence-corrected chi connectivity index (χ4v) is 5.28. The van der Waals surface area contributed by atoms with E-state index < -0.39 is 5.60 Å². The second-order valence-electron chi connectivity index (χ2n) is 8.66. The van der Waals surface area contributed by atoms with E-state index in [2.05, 4.69) is 10.00 Å². The van der Waals surface area contributed by atoms with Crippen molar-refractivity contribution in [2.45, 2.75) is 58.5 Å². The summed E-state index contributed by atoms with van der Waals surface area (Å²) >= 11 is 1.78. The number of aromatic nitrogens is 3. The zero-order valence-electron chi connectivity index (χ0n) is 16.6. The molecule has 2 aromatic rings. The molecule has 0 aromatic carbocycles. The van der Waals surface area contributed by atoms with Gasteiger partial charge in [-0.05, 0) is 57.9 Å². The van der Waals surface area contributed by atoms with Crippen LogP contribution in [0.4, 0.5) is 5.13 Å². The maximum atomic E-state index is 12.1. The van der Waals surface area contributed by atoms with Crippen LogP contribution in [0.2, 0.25) is 0 Å². The van der Waals surface area contributed by atoms with Crippen LogP contribution in [-0.4, -0.2) is 39.4 Å². The molecule has 0 amide bonds. The van der Waals surface area contributed by atoms with E-state index in [-0.39, 0.29) is 5.97 Å². The molecular weight excluding hydrogens is 360 g/mol. The van der Waals surface area contributed by atoms with Gasteiger partial charge in [-0.2, -0.15) is 5.10 Å². The lowest BCUT2D eigenvalue weighted by molar-refractivity contribution is -0.155. The average Bonchev–Trinajstić information content (AvgIpc) is 3.23. The molecule has 3 heterocycles. The Morgan fingerprint density at radius 2 is 2.19 bits per heavy atom. The molecule has 27 heavy (non-hydrogen) atoms. The summed E-state index contributed by atoms with van der Waals surface area (Å²) in [5, 5.41) is 5.53. The van der Waals surface area contributed by atoms with Crippen LogP contribution < -0.4 is 4.90 Å². The fraction of sp³-hybridized carbons (Fsp3) is 0.650. The van der Waals surface area contributed by atoms with E-state index in [0.717, 1.165) is 43.9 Å². The number of rotatable bonds is 3. The molecule has 0 saturated carbocycles. The van der Waals surface area contributed by atoms with Crippen molar-refractivity contribution in [2.24, 2.45) is 13.0 Å². The fourth-order valence-electron chi connectivity index (χ4n) is 4.03. The molecule has 1 aliphatic carbocycles. The predicted octanol–water partition coefficient (Wildman–Crippen LogP) is 3.59. The first-order chi connectivity index (χ1) is 12.8. The van der Waals surface area contributed by atoms with E-state index in [1.165, 1.54) is 21.8 Å². The SMILES string of the molecule is Cn1ncc2c1-c1sc(N3CC[C@@H](CC(=O)OC(C)(C)C)C3)nc1CCC2. The molecule has 6 nitrogen and oxygen atoms in total. The van der Waals surface area contributed by atoms with Crippen molar-refractivity contribution in [2.75, 3.05) is 18.0 Å². The summed E-state index contributed by atoms with van der Waals surface area (Å²) in [7, 11) is 2.01. The number of fused-ring (bicyclic) bond motifs is 3. The number of hydrogen-bond donors (Lipinski definition) is 0. The summed E-state index contributed by atoms with van der Waals surface area (Å²) in [6.07, 6.45) is 6.72. The lowest BCUT2D eigenvalue weighted by Crippen LogP contribution is -2.26. The van der Waals surface area contributed by atoms with Crippen LogP contribution in [0.5, 0.6) is 0 Å². The van der Waals surface area contributed by atoms with Crippen LogP contribution >= 0.6 is 11.3 Å². The molecule has 0 spiro atoms. The number of carbonyl (C=O) groups excluding carboxylic acids is 1. The Kier molecular flexibility index (Phi) is 4.74. The number of ether oxygens (including phenoxy) is 1. The van der Waals surface area contributed by atoms with Gasteiger partial charge in [0.05, 0.1) is 28.9 Å². The third-order valence-corrected chi connectivity index (χ3v) is 6.37. The number of esters is 1. The van der Waals surface area contributed by atoms with E-state index in [1.807, 2.05) is 38.7 Å². The van der Waals surface area contributed by atoms with E-state index in [4.69, 9.17) is 9.72 Å². The Morgan fingerprint density at radius 3 is 2.96 bits per heavy atom. The van der Waals surface area contributed by atoms with Gasteiger partial charge in [0.1, 0.15) is 5.60 Å². The first-order valence-electron chi connectivity index (χ1n) is 9.78. The number of carbonyl (C=O) groups is 1.